The highest BCUT2D eigenvalue weighted by molar-refractivity contribution is 7.80. The molecule has 1 fully saturated rings. The summed E-state index contributed by atoms with van der Waals surface area (Å²) in [4.78, 5) is 39.4. The number of hydroxylamine groups is 2. The van der Waals surface area contributed by atoms with Gasteiger partial charge in [-0.15, -0.1) is 15.6 Å². The Hall–Kier alpha value is -3.88. The molecule has 3 heterocycles. The first-order valence-corrected chi connectivity index (χ1v) is 17.7. The van der Waals surface area contributed by atoms with Crippen molar-refractivity contribution in [2.45, 2.75) is 51.6 Å². The summed E-state index contributed by atoms with van der Waals surface area (Å²) in [5.41, 5.74) is 18.2. The van der Waals surface area contributed by atoms with E-state index in [1.165, 1.54) is 19.2 Å². The standard InChI is InChI=1S/C29H43N9O8S2/c1-29(2)22(26(40)38(29)46-48(41,42)43)16-24(39)25(23-18-47-27(32)34-23)35-45-14-13-44-21-6-5-20-17-37(12-7-19(20)15-21)28(33)36(10-3-8-30)11-4-9-31/h5-6,15,18,22,33H,3-4,7-14,16-17,30-31H2,1-2H3,(H2,32,34)(H,41,42,43)/b33-28?,35-25-. The van der Waals surface area contributed by atoms with Crippen LogP contribution in [0.1, 0.15) is 49.9 Å². The lowest BCUT2D eigenvalue weighted by atomic mass is 9.74. The molecule has 17 nitrogen and oxygen atoms in total. The summed E-state index contributed by atoms with van der Waals surface area (Å²) in [6.07, 6.45) is 2.01. The minimum Gasteiger partial charge on any atom is -0.490 e. The van der Waals surface area contributed by atoms with Crippen molar-refractivity contribution in [3.63, 3.8) is 0 Å². The molecule has 0 aliphatic carbocycles. The van der Waals surface area contributed by atoms with Crippen LogP contribution < -0.4 is 21.9 Å². The van der Waals surface area contributed by atoms with Crippen LogP contribution >= 0.6 is 11.3 Å². The summed E-state index contributed by atoms with van der Waals surface area (Å²) in [6.45, 7) is 6.97. The molecule has 48 heavy (non-hydrogen) atoms. The lowest BCUT2D eigenvalue weighted by molar-refractivity contribution is -0.228. The molecule has 2 aliphatic heterocycles. The monoisotopic (exact) mass is 709 g/mol. The van der Waals surface area contributed by atoms with Gasteiger partial charge in [0.2, 0.25) is 0 Å². The Morgan fingerprint density at radius 2 is 1.92 bits per heavy atom. The predicted molar refractivity (Wildman–Crippen MR) is 178 cm³/mol. The van der Waals surface area contributed by atoms with Gasteiger partial charge in [0.25, 0.3) is 5.91 Å². The van der Waals surface area contributed by atoms with E-state index in [0.717, 1.165) is 54.8 Å². The highest BCUT2D eigenvalue weighted by Crippen LogP contribution is 2.40. The molecular formula is C29H43N9O8S2. The minimum absolute atomic E-state index is 0.0102. The maximum absolute atomic E-state index is 13.3. The van der Waals surface area contributed by atoms with Crippen molar-refractivity contribution in [2.75, 3.05) is 51.7 Å². The lowest BCUT2D eigenvalue weighted by Crippen LogP contribution is -2.68. The van der Waals surface area contributed by atoms with E-state index >= 15 is 0 Å². The fourth-order valence-electron chi connectivity index (χ4n) is 5.48. The normalized spacial score (nSPS) is 17.5. The van der Waals surface area contributed by atoms with Gasteiger partial charge in [-0.1, -0.05) is 11.2 Å². The Bertz CT molecular complexity index is 1610. The molecule has 1 amide bonds. The number of thiazole rings is 1. The van der Waals surface area contributed by atoms with E-state index in [-0.39, 0.29) is 36.2 Å². The summed E-state index contributed by atoms with van der Waals surface area (Å²) in [6, 6.07) is 5.82. The molecule has 0 saturated carbocycles. The van der Waals surface area contributed by atoms with Crippen molar-refractivity contribution in [3.8, 4) is 5.75 Å². The maximum atomic E-state index is 13.3. The summed E-state index contributed by atoms with van der Waals surface area (Å²) in [7, 11) is -4.93. The molecule has 1 saturated heterocycles. The smallest absolute Gasteiger partial charge is 0.418 e. The zero-order valence-electron chi connectivity index (χ0n) is 27.0. The van der Waals surface area contributed by atoms with Crippen LogP contribution in [0.3, 0.4) is 0 Å². The third kappa shape index (κ3) is 9.17. The van der Waals surface area contributed by atoms with Gasteiger partial charge in [0.1, 0.15) is 18.1 Å². The number of nitrogen functional groups attached to an aromatic ring is 1. The number of rotatable bonds is 17. The Balaban J connectivity index is 1.32. The Morgan fingerprint density at radius 3 is 2.52 bits per heavy atom. The molecule has 0 radical (unpaired) electrons. The number of carbonyl (C=O) groups excluding carboxylic acids is 2. The van der Waals surface area contributed by atoms with Gasteiger partial charge in [-0.2, -0.15) is 13.5 Å². The van der Waals surface area contributed by atoms with Crippen molar-refractivity contribution in [3.05, 3.63) is 40.4 Å². The minimum atomic E-state index is -4.93. The summed E-state index contributed by atoms with van der Waals surface area (Å²) >= 11 is 1.09. The van der Waals surface area contributed by atoms with Crippen LogP contribution in [0.2, 0.25) is 0 Å². The highest BCUT2D eigenvalue weighted by Gasteiger charge is 2.57. The first kappa shape index (κ1) is 36.9. The second-order valence-electron chi connectivity index (χ2n) is 11.9. The van der Waals surface area contributed by atoms with E-state index in [2.05, 4.69) is 19.3 Å². The number of Topliss-reactive ketones (excluding diaryl/α,β-unsaturated/α-hetero) is 1. The van der Waals surface area contributed by atoms with Crippen LogP contribution in [0.15, 0.2) is 28.7 Å². The van der Waals surface area contributed by atoms with E-state index in [1.54, 1.807) is 0 Å². The second kappa shape index (κ2) is 16.0. The Kier molecular flexibility index (Phi) is 12.3. The molecular weight excluding hydrogens is 667 g/mol. The van der Waals surface area contributed by atoms with Crippen LogP contribution in [0, 0.1) is 11.3 Å². The number of guanidine groups is 1. The fraction of sp³-hybridized carbons (Fsp3) is 0.552. The van der Waals surface area contributed by atoms with Crippen LogP contribution in [-0.4, -0.2) is 108 Å². The number of hydrogen-bond acceptors (Lipinski definition) is 14. The van der Waals surface area contributed by atoms with Gasteiger partial charge < -0.3 is 36.6 Å². The number of ketones is 1. The van der Waals surface area contributed by atoms with Gasteiger partial charge in [-0.3, -0.25) is 19.6 Å². The number of ether oxygens (including phenoxy) is 1. The number of benzene rings is 1. The van der Waals surface area contributed by atoms with Gasteiger partial charge in [-0.05, 0) is 69.5 Å². The number of nitrogens with zero attached hydrogens (tertiary/aromatic N) is 5. The maximum Gasteiger partial charge on any atom is 0.418 e. The quantitative estimate of drug-likeness (QED) is 0.0380. The number of anilines is 1. The fourth-order valence-corrected chi connectivity index (χ4v) is 6.48. The molecule has 0 bridgehead atoms. The van der Waals surface area contributed by atoms with Crippen molar-refractivity contribution in [1.82, 2.24) is 19.8 Å². The summed E-state index contributed by atoms with van der Waals surface area (Å²) in [5, 5.41) is 15.0. The second-order valence-corrected chi connectivity index (χ2v) is 13.8. The van der Waals surface area contributed by atoms with Crippen LogP contribution in [0.25, 0.3) is 0 Å². The van der Waals surface area contributed by atoms with E-state index in [4.69, 9.17) is 36.7 Å². The zero-order chi connectivity index (χ0) is 35.1. The van der Waals surface area contributed by atoms with Crippen molar-refractivity contribution < 1.29 is 36.4 Å². The lowest BCUT2D eigenvalue weighted by Gasteiger charge is -2.50. The van der Waals surface area contributed by atoms with Gasteiger partial charge in [-0.25, -0.2) is 4.98 Å². The number of β-lactam (4-membered cyclic amide) rings is 1. The summed E-state index contributed by atoms with van der Waals surface area (Å²) < 4.78 is 41.4. The molecule has 8 N–H and O–H groups in total. The summed E-state index contributed by atoms with van der Waals surface area (Å²) in [5.74, 6) is -1.21. The number of aromatic nitrogens is 1. The molecule has 1 aromatic carbocycles. The van der Waals surface area contributed by atoms with Crippen molar-refractivity contribution in [1.29, 1.82) is 5.41 Å². The van der Waals surface area contributed by atoms with Crippen molar-refractivity contribution in [2.24, 2.45) is 22.5 Å². The average molecular weight is 710 g/mol. The molecule has 2 aliphatic rings. The van der Waals surface area contributed by atoms with E-state index in [9.17, 15) is 18.0 Å². The first-order chi connectivity index (χ1) is 22.7. The van der Waals surface area contributed by atoms with Gasteiger partial charge in [0.05, 0.1) is 11.5 Å². The first-order valence-electron chi connectivity index (χ1n) is 15.4. The van der Waals surface area contributed by atoms with E-state index in [0.29, 0.717) is 43.0 Å². The molecule has 19 heteroatoms. The van der Waals surface area contributed by atoms with E-state index in [1.807, 2.05) is 23.1 Å². The van der Waals surface area contributed by atoms with Gasteiger partial charge in [0.15, 0.2) is 29.2 Å². The number of oxime groups is 1. The topological polar surface area (TPSA) is 253 Å². The number of carbonyl (C=O) groups is 2. The molecule has 2 aromatic rings. The Labute approximate surface area is 283 Å². The van der Waals surface area contributed by atoms with E-state index < -0.39 is 33.5 Å². The molecule has 1 atom stereocenters. The van der Waals surface area contributed by atoms with Crippen molar-refractivity contribution >= 4 is 50.2 Å². The van der Waals surface area contributed by atoms with Gasteiger partial charge >= 0.3 is 10.4 Å². The van der Waals surface area contributed by atoms with Crippen LogP contribution in [-0.2, 0) is 42.1 Å². The molecule has 1 aromatic heterocycles. The van der Waals surface area contributed by atoms with Gasteiger partial charge in [0, 0.05) is 38.0 Å². The SMILES string of the molecule is CC1(C)C(CC(=O)/C(=N\OCCOc2ccc3c(c2)CCN(C(=N)N(CCCN)CCCN)C3)c2csc(N)n2)C(=O)N1OS(=O)(=O)O. The highest BCUT2D eigenvalue weighted by atomic mass is 32.3. The molecule has 0 spiro atoms. The average Bonchev–Trinajstić information content (AvgIpc) is 3.48. The Morgan fingerprint density at radius 1 is 1.21 bits per heavy atom. The third-order valence-electron chi connectivity index (χ3n) is 8.11. The third-order valence-corrected chi connectivity index (χ3v) is 9.13. The molecule has 1 unspecified atom stereocenters. The van der Waals surface area contributed by atoms with Crippen LogP contribution in [0.4, 0.5) is 5.13 Å². The molecule has 264 valence electrons. The zero-order valence-corrected chi connectivity index (χ0v) is 28.6. The largest absolute Gasteiger partial charge is 0.490 e. The number of hydrogen-bond donors (Lipinski definition) is 5. The number of nitrogens with two attached hydrogens (primary N) is 3. The molecule has 4 rings (SSSR count). The number of nitrogens with one attached hydrogen (secondary N) is 1. The number of amides is 1. The predicted octanol–water partition coefficient (Wildman–Crippen LogP) is 0.748. The number of fused-ring (bicyclic) bond motifs is 1. The van der Waals surface area contributed by atoms with Crippen LogP contribution in [0.5, 0.6) is 5.75 Å².